The first-order valence-corrected chi connectivity index (χ1v) is 5.87. The van der Waals surface area contributed by atoms with Gasteiger partial charge in [-0.15, -0.1) is 0 Å². The minimum absolute atomic E-state index is 0.206. The van der Waals surface area contributed by atoms with Gasteiger partial charge in [-0.25, -0.2) is 0 Å². The molecule has 1 aliphatic rings. The van der Waals surface area contributed by atoms with Crippen molar-refractivity contribution in [3.05, 3.63) is 0 Å². The van der Waals surface area contributed by atoms with Crippen LogP contribution >= 0.6 is 0 Å². The fraction of sp³-hybridized carbons (Fsp3) is 0.917. The van der Waals surface area contributed by atoms with E-state index >= 15 is 0 Å². The number of piperidine rings is 1. The van der Waals surface area contributed by atoms with Crippen molar-refractivity contribution in [2.75, 3.05) is 19.6 Å². The standard InChI is InChI=1S/C12H24N2O/c1-10(15)14-7-5-6-11(8-14)13-9-12(2,3)4/h11,13H,5-9H2,1-4H3/t11-/m0/s1. The van der Waals surface area contributed by atoms with Gasteiger partial charge in [-0.05, 0) is 18.3 Å². The van der Waals surface area contributed by atoms with Crippen LogP contribution in [0, 0.1) is 5.41 Å². The first-order chi connectivity index (χ1) is 6.88. The van der Waals surface area contributed by atoms with Crippen LogP contribution in [0.1, 0.15) is 40.5 Å². The number of carbonyl (C=O) groups excluding carboxylic acids is 1. The van der Waals surface area contributed by atoms with E-state index in [0.29, 0.717) is 11.5 Å². The molecule has 1 N–H and O–H groups in total. The smallest absolute Gasteiger partial charge is 0.219 e. The molecule has 88 valence electrons. The zero-order chi connectivity index (χ0) is 11.5. The summed E-state index contributed by atoms with van der Waals surface area (Å²) in [5.74, 6) is 0.206. The minimum atomic E-state index is 0.206. The number of likely N-dealkylation sites (tertiary alicyclic amines) is 1. The van der Waals surface area contributed by atoms with Gasteiger partial charge in [0.2, 0.25) is 5.91 Å². The highest BCUT2D eigenvalue weighted by Gasteiger charge is 2.22. The second-order valence-electron chi connectivity index (χ2n) is 5.75. The Balaban J connectivity index is 2.34. The van der Waals surface area contributed by atoms with Crippen molar-refractivity contribution in [2.24, 2.45) is 5.41 Å². The Hall–Kier alpha value is -0.570. The number of hydrogen-bond donors (Lipinski definition) is 1. The van der Waals surface area contributed by atoms with Gasteiger partial charge in [-0.1, -0.05) is 20.8 Å². The van der Waals surface area contributed by atoms with E-state index in [1.165, 1.54) is 6.42 Å². The maximum atomic E-state index is 11.2. The predicted molar refractivity (Wildman–Crippen MR) is 62.7 cm³/mol. The van der Waals surface area contributed by atoms with Gasteiger partial charge in [0.05, 0.1) is 0 Å². The summed E-state index contributed by atoms with van der Waals surface area (Å²) in [6.07, 6.45) is 2.32. The van der Waals surface area contributed by atoms with E-state index < -0.39 is 0 Å². The van der Waals surface area contributed by atoms with E-state index in [1.807, 2.05) is 4.90 Å². The van der Waals surface area contributed by atoms with E-state index in [2.05, 4.69) is 26.1 Å². The second-order valence-corrected chi connectivity index (χ2v) is 5.75. The molecule has 1 fully saturated rings. The van der Waals surface area contributed by atoms with Crippen molar-refractivity contribution in [2.45, 2.75) is 46.6 Å². The number of amides is 1. The molecule has 0 aromatic rings. The van der Waals surface area contributed by atoms with Crippen LogP contribution < -0.4 is 5.32 Å². The number of nitrogens with one attached hydrogen (secondary N) is 1. The molecule has 1 saturated heterocycles. The summed E-state index contributed by atoms with van der Waals surface area (Å²) in [4.78, 5) is 13.2. The molecule has 0 bridgehead atoms. The molecule has 0 radical (unpaired) electrons. The lowest BCUT2D eigenvalue weighted by molar-refractivity contribution is -0.130. The van der Waals surface area contributed by atoms with Crippen LogP contribution in [0.2, 0.25) is 0 Å². The van der Waals surface area contributed by atoms with Crippen LogP contribution in [0.4, 0.5) is 0 Å². The summed E-state index contributed by atoms with van der Waals surface area (Å²) in [6, 6.07) is 0.488. The molecule has 0 spiro atoms. The Bertz CT molecular complexity index is 220. The average molecular weight is 212 g/mol. The zero-order valence-electron chi connectivity index (χ0n) is 10.5. The van der Waals surface area contributed by atoms with Crippen molar-refractivity contribution in [1.29, 1.82) is 0 Å². The number of hydrogen-bond acceptors (Lipinski definition) is 2. The summed E-state index contributed by atoms with van der Waals surface area (Å²) in [6.45, 7) is 11.2. The van der Waals surface area contributed by atoms with E-state index in [-0.39, 0.29) is 5.91 Å². The topological polar surface area (TPSA) is 32.3 Å². The van der Waals surface area contributed by atoms with Crippen LogP contribution in [0.15, 0.2) is 0 Å². The molecule has 0 aromatic carbocycles. The molecule has 3 nitrogen and oxygen atoms in total. The van der Waals surface area contributed by atoms with Crippen LogP contribution in [0.5, 0.6) is 0 Å². The van der Waals surface area contributed by atoms with Gasteiger partial charge in [-0.3, -0.25) is 4.79 Å². The SMILES string of the molecule is CC(=O)N1CCC[C@H](NCC(C)(C)C)C1. The monoisotopic (exact) mass is 212 g/mol. The van der Waals surface area contributed by atoms with Crippen molar-refractivity contribution in [1.82, 2.24) is 10.2 Å². The first-order valence-electron chi connectivity index (χ1n) is 5.87. The van der Waals surface area contributed by atoms with Gasteiger partial charge >= 0.3 is 0 Å². The fourth-order valence-corrected chi connectivity index (χ4v) is 1.88. The average Bonchev–Trinajstić information content (AvgIpc) is 2.14. The van der Waals surface area contributed by atoms with Gasteiger partial charge in [0.1, 0.15) is 0 Å². The third kappa shape index (κ3) is 4.65. The maximum absolute atomic E-state index is 11.2. The van der Waals surface area contributed by atoms with Gasteiger partial charge in [-0.2, -0.15) is 0 Å². The van der Waals surface area contributed by atoms with E-state index in [4.69, 9.17) is 0 Å². The molecule has 3 heteroatoms. The quantitative estimate of drug-likeness (QED) is 0.754. The molecule has 1 aliphatic heterocycles. The summed E-state index contributed by atoms with van der Waals surface area (Å²) >= 11 is 0. The summed E-state index contributed by atoms with van der Waals surface area (Å²) < 4.78 is 0. The minimum Gasteiger partial charge on any atom is -0.341 e. The molecule has 0 aliphatic carbocycles. The molecular weight excluding hydrogens is 188 g/mol. The molecule has 0 aromatic heterocycles. The number of carbonyl (C=O) groups is 1. The largest absolute Gasteiger partial charge is 0.341 e. The molecule has 1 heterocycles. The van der Waals surface area contributed by atoms with Crippen LogP contribution in [0.25, 0.3) is 0 Å². The molecule has 1 amide bonds. The van der Waals surface area contributed by atoms with Gasteiger partial charge < -0.3 is 10.2 Å². The van der Waals surface area contributed by atoms with Crippen LogP contribution in [0.3, 0.4) is 0 Å². The molecular formula is C12H24N2O. The van der Waals surface area contributed by atoms with E-state index in [1.54, 1.807) is 6.92 Å². The molecule has 0 unspecified atom stereocenters. The lowest BCUT2D eigenvalue weighted by atomic mass is 9.95. The third-order valence-corrected chi connectivity index (χ3v) is 2.79. The number of nitrogens with zero attached hydrogens (tertiary/aromatic N) is 1. The second kappa shape index (κ2) is 4.97. The van der Waals surface area contributed by atoms with Crippen molar-refractivity contribution in [3.63, 3.8) is 0 Å². The fourth-order valence-electron chi connectivity index (χ4n) is 1.88. The lowest BCUT2D eigenvalue weighted by Gasteiger charge is -2.34. The maximum Gasteiger partial charge on any atom is 0.219 e. The van der Waals surface area contributed by atoms with Crippen molar-refractivity contribution >= 4 is 5.91 Å². The Morgan fingerprint density at radius 3 is 2.67 bits per heavy atom. The Labute approximate surface area is 93.2 Å². The highest BCUT2D eigenvalue weighted by Crippen LogP contribution is 2.14. The van der Waals surface area contributed by atoms with Crippen molar-refractivity contribution < 1.29 is 4.79 Å². The molecule has 1 atom stereocenters. The van der Waals surface area contributed by atoms with Crippen molar-refractivity contribution in [3.8, 4) is 0 Å². The van der Waals surface area contributed by atoms with Gasteiger partial charge in [0.25, 0.3) is 0 Å². The van der Waals surface area contributed by atoms with Crippen LogP contribution in [-0.4, -0.2) is 36.5 Å². The third-order valence-electron chi connectivity index (χ3n) is 2.79. The highest BCUT2D eigenvalue weighted by molar-refractivity contribution is 5.73. The number of rotatable bonds is 2. The summed E-state index contributed by atoms with van der Waals surface area (Å²) in [5, 5.41) is 3.55. The molecule has 15 heavy (non-hydrogen) atoms. The molecule has 0 saturated carbocycles. The Kier molecular flexibility index (Phi) is 4.14. The predicted octanol–water partition coefficient (Wildman–Crippen LogP) is 1.63. The van der Waals surface area contributed by atoms with E-state index in [0.717, 1.165) is 26.1 Å². The Morgan fingerprint density at radius 1 is 1.47 bits per heavy atom. The molecule has 1 rings (SSSR count). The summed E-state index contributed by atoms with van der Waals surface area (Å²) in [7, 11) is 0. The van der Waals surface area contributed by atoms with Gasteiger partial charge in [0.15, 0.2) is 0 Å². The summed E-state index contributed by atoms with van der Waals surface area (Å²) in [5.41, 5.74) is 0.318. The normalized spacial score (nSPS) is 22.9. The Morgan fingerprint density at radius 2 is 2.13 bits per heavy atom. The highest BCUT2D eigenvalue weighted by atomic mass is 16.2. The van der Waals surface area contributed by atoms with Gasteiger partial charge in [0, 0.05) is 32.6 Å². The van der Waals surface area contributed by atoms with Crippen LogP contribution in [-0.2, 0) is 4.79 Å². The lowest BCUT2D eigenvalue weighted by Crippen LogP contribution is -2.49. The first kappa shape index (κ1) is 12.5. The van der Waals surface area contributed by atoms with E-state index in [9.17, 15) is 4.79 Å². The zero-order valence-corrected chi connectivity index (χ0v) is 10.5.